The lowest BCUT2D eigenvalue weighted by molar-refractivity contribution is -0.137. The van der Waals surface area contributed by atoms with Crippen molar-refractivity contribution in [2.75, 3.05) is 0 Å². The van der Waals surface area contributed by atoms with Gasteiger partial charge >= 0.3 is 6.18 Å². The third-order valence-electron chi connectivity index (χ3n) is 5.42. The topological polar surface area (TPSA) is 72.0 Å². The van der Waals surface area contributed by atoms with Gasteiger partial charge in [-0.15, -0.1) is 0 Å². The van der Waals surface area contributed by atoms with E-state index in [9.17, 15) is 21.6 Å². The SMILES string of the molecule is Cc1nc(CNS(=O)(=O)c2ccc(C(F)(F)F)cc2Cl)nc(-c2ccc(Cl)cc2Cl)c1-c1ccc(Br)cc1. The van der Waals surface area contributed by atoms with Gasteiger partial charge in [0.2, 0.25) is 10.0 Å². The Morgan fingerprint density at radius 3 is 2.21 bits per heavy atom. The predicted molar refractivity (Wildman–Crippen MR) is 146 cm³/mol. The summed E-state index contributed by atoms with van der Waals surface area (Å²) in [5.41, 5.74) is 1.96. The van der Waals surface area contributed by atoms with E-state index in [-0.39, 0.29) is 12.4 Å². The van der Waals surface area contributed by atoms with Crippen molar-refractivity contribution >= 4 is 60.8 Å². The van der Waals surface area contributed by atoms with Gasteiger partial charge in [-0.3, -0.25) is 0 Å². The number of sulfonamides is 1. The van der Waals surface area contributed by atoms with E-state index < -0.39 is 31.7 Å². The minimum atomic E-state index is -4.67. The van der Waals surface area contributed by atoms with Crippen molar-refractivity contribution in [3.8, 4) is 22.4 Å². The molecule has 0 aliphatic rings. The summed E-state index contributed by atoms with van der Waals surface area (Å²) in [5.74, 6) is 0.107. The van der Waals surface area contributed by atoms with Gasteiger partial charge in [-0.1, -0.05) is 62.9 Å². The second kappa shape index (κ2) is 11.1. The van der Waals surface area contributed by atoms with E-state index >= 15 is 0 Å². The first-order valence-electron chi connectivity index (χ1n) is 10.7. The summed E-state index contributed by atoms with van der Waals surface area (Å²) >= 11 is 21.9. The van der Waals surface area contributed by atoms with E-state index in [1.807, 2.05) is 24.3 Å². The van der Waals surface area contributed by atoms with Gasteiger partial charge < -0.3 is 0 Å². The number of aryl methyl sites for hydroxylation is 1. The molecule has 198 valence electrons. The number of halogens is 7. The van der Waals surface area contributed by atoms with Gasteiger partial charge in [-0.25, -0.2) is 23.1 Å². The molecule has 0 saturated heterocycles. The number of rotatable bonds is 6. The molecule has 0 aliphatic carbocycles. The molecule has 0 spiro atoms. The van der Waals surface area contributed by atoms with Crippen LogP contribution >= 0.6 is 50.7 Å². The molecule has 0 saturated carbocycles. The smallest absolute Gasteiger partial charge is 0.236 e. The predicted octanol–water partition coefficient (Wildman–Crippen LogP) is 8.34. The fourth-order valence-corrected chi connectivity index (χ4v) is 5.97. The Labute approximate surface area is 240 Å². The van der Waals surface area contributed by atoms with Crippen molar-refractivity contribution in [3.63, 3.8) is 0 Å². The molecule has 13 heteroatoms. The standard InChI is InChI=1S/C25H16BrCl3F3N3O2S/c1-13-23(14-2-5-16(26)6-3-14)24(18-8-7-17(27)11-19(18)28)35-22(34-13)12-33-38(36,37)21-9-4-15(10-20(21)29)25(30,31)32/h2-11,33H,12H2,1H3. The molecule has 3 aromatic carbocycles. The maximum atomic E-state index is 12.9. The summed E-state index contributed by atoms with van der Waals surface area (Å²) in [6.45, 7) is 1.39. The van der Waals surface area contributed by atoms with Crippen LogP contribution in [-0.4, -0.2) is 18.4 Å². The number of nitrogens with zero attached hydrogens (tertiary/aromatic N) is 2. The molecule has 0 amide bonds. The summed E-state index contributed by atoms with van der Waals surface area (Å²) in [5, 5.41) is 0.191. The zero-order chi connectivity index (χ0) is 27.8. The van der Waals surface area contributed by atoms with E-state index in [1.165, 1.54) is 0 Å². The Morgan fingerprint density at radius 2 is 1.61 bits per heavy atom. The molecule has 38 heavy (non-hydrogen) atoms. The quantitative estimate of drug-likeness (QED) is 0.225. The summed E-state index contributed by atoms with van der Waals surface area (Å²) in [7, 11) is -4.30. The fraction of sp³-hybridized carbons (Fsp3) is 0.120. The highest BCUT2D eigenvalue weighted by molar-refractivity contribution is 9.10. The van der Waals surface area contributed by atoms with Crippen LogP contribution in [0, 0.1) is 6.92 Å². The molecule has 5 nitrogen and oxygen atoms in total. The average Bonchev–Trinajstić information content (AvgIpc) is 2.82. The Morgan fingerprint density at radius 1 is 0.921 bits per heavy atom. The molecular formula is C25H16BrCl3F3N3O2S. The first-order chi connectivity index (χ1) is 17.8. The fourth-order valence-electron chi connectivity index (χ4n) is 3.68. The minimum Gasteiger partial charge on any atom is -0.236 e. The van der Waals surface area contributed by atoms with Crippen molar-refractivity contribution in [3.05, 3.63) is 97.3 Å². The highest BCUT2D eigenvalue weighted by Crippen LogP contribution is 2.38. The van der Waals surface area contributed by atoms with Crippen LogP contribution in [-0.2, 0) is 22.7 Å². The van der Waals surface area contributed by atoms with Crippen LogP contribution in [0.2, 0.25) is 15.1 Å². The molecule has 1 heterocycles. The van der Waals surface area contributed by atoms with Crippen LogP contribution in [0.5, 0.6) is 0 Å². The number of benzene rings is 3. The highest BCUT2D eigenvalue weighted by atomic mass is 79.9. The van der Waals surface area contributed by atoms with Crippen molar-refractivity contribution < 1.29 is 21.6 Å². The summed E-state index contributed by atoms with van der Waals surface area (Å²) in [6, 6.07) is 14.4. The van der Waals surface area contributed by atoms with Crippen LogP contribution in [0.3, 0.4) is 0 Å². The highest BCUT2D eigenvalue weighted by Gasteiger charge is 2.32. The zero-order valence-electron chi connectivity index (χ0n) is 19.2. The second-order valence-electron chi connectivity index (χ2n) is 8.05. The van der Waals surface area contributed by atoms with Crippen molar-refractivity contribution in [2.24, 2.45) is 0 Å². The third-order valence-corrected chi connectivity index (χ3v) is 8.39. The van der Waals surface area contributed by atoms with E-state index in [2.05, 4.69) is 30.6 Å². The molecule has 0 radical (unpaired) electrons. The zero-order valence-corrected chi connectivity index (χ0v) is 23.9. The largest absolute Gasteiger partial charge is 0.416 e. The average molecular weight is 666 g/mol. The Bertz CT molecular complexity index is 1630. The van der Waals surface area contributed by atoms with E-state index in [4.69, 9.17) is 34.8 Å². The maximum absolute atomic E-state index is 12.9. The molecule has 4 aromatic rings. The molecule has 1 N–H and O–H groups in total. The van der Waals surface area contributed by atoms with Crippen LogP contribution in [0.4, 0.5) is 13.2 Å². The number of hydrogen-bond donors (Lipinski definition) is 1. The normalized spacial score (nSPS) is 12.1. The summed E-state index contributed by atoms with van der Waals surface area (Å²) in [6.07, 6.45) is -4.67. The third kappa shape index (κ3) is 6.32. The Hall–Kier alpha value is -2.21. The molecule has 0 unspecified atom stereocenters. The maximum Gasteiger partial charge on any atom is 0.416 e. The summed E-state index contributed by atoms with van der Waals surface area (Å²) < 4.78 is 67.8. The second-order valence-corrected chi connectivity index (χ2v) is 11.9. The lowest BCUT2D eigenvalue weighted by Gasteiger charge is -2.16. The lowest BCUT2D eigenvalue weighted by Crippen LogP contribution is -2.25. The molecule has 0 atom stereocenters. The Kier molecular flexibility index (Phi) is 8.42. The van der Waals surface area contributed by atoms with Gasteiger partial charge in [-0.2, -0.15) is 13.2 Å². The molecular weight excluding hydrogens is 650 g/mol. The summed E-state index contributed by atoms with van der Waals surface area (Å²) in [4.78, 5) is 8.57. The van der Waals surface area contributed by atoms with Crippen LogP contribution in [0.15, 0.2) is 70.0 Å². The van der Waals surface area contributed by atoms with Crippen molar-refractivity contribution in [1.82, 2.24) is 14.7 Å². The van der Waals surface area contributed by atoms with Gasteiger partial charge in [0.15, 0.2) is 0 Å². The van der Waals surface area contributed by atoms with E-state index in [1.54, 1.807) is 25.1 Å². The molecule has 0 fully saturated rings. The van der Waals surface area contributed by atoms with Gasteiger partial charge in [-0.05, 0) is 61.0 Å². The van der Waals surface area contributed by atoms with Crippen LogP contribution in [0.1, 0.15) is 17.1 Å². The molecule has 0 bridgehead atoms. The van der Waals surface area contributed by atoms with Gasteiger partial charge in [0.25, 0.3) is 0 Å². The van der Waals surface area contributed by atoms with Gasteiger partial charge in [0.05, 0.1) is 27.8 Å². The van der Waals surface area contributed by atoms with Crippen LogP contribution < -0.4 is 4.72 Å². The first kappa shape index (κ1) is 28.8. The molecule has 1 aromatic heterocycles. The van der Waals surface area contributed by atoms with E-state index in [0.717, 1.165) is 16.1 Å². The number of alkyl halides is 3. The first-order valence-corrected chi connectivity index (χ1v) is 14.1. The molecule has 4 rings (SSSR count). The van der Waals surface area contributed by atoms with Gasteiger partial charge in [0.1, 0.15) is 10.7 Å². The monoisotopic (exact) mass is 663 g/mol. The molecule has 0 aliphatic heterocycles. The van der Waals surface area contributed by atoms with Crippen molar-refractivity contribution in [2.45, 2.75) is 24.5 Å². The van der Waals surface area contributed by atoms with Crippen molar-refractivity contribution in [1.29, 1.82) is 0 Å². The number of aromatic nitrogens is 2. The van der Waals surface area contributed by atoms with E-state index in [0.29, 0.717) is 44.7 Å². The number of nitrogens with one attached hydrogen (secondary N) is 1. The van der Waals surface area contributed by atoms with Crippen LogP contribution in [0.25, 0.3) is 22.4 Å². The lowest BCUT2D eigenvalue weighted by atomic mass is 9.98. The number of hydrogen-bond acceptors (Lipinski definition) is 4. The Balaban J connectivity index is 1.74. The minimum absolute atomic E-state index is 0.107. The van der Waals surface area contributed by atoms with Gasteiger partial charge in [0, 0.05) is 26.3 Å².